The van der Waals surface area contributed by atoms with Crippen molar-refractivity contribution in [1.82, 2.24) is 4.90 Å². The fraction of sp³-hybridized carbons (Fsp3) is 0.0833. The number of benzene rings is 3. The van der Waals surface area contributed by atoms with E-state index in [0.717, 1.165) is 4.90 Å². The average Bonchev–Trinajstić information content (AvgIpc) is 3.06. The van der Waals surface area contributed by atoms with Crippen molar-refractivity contribution in [3.63, 3.8) is 0 Å². The maximum atomic E-state index is 13.2. The summed E-state index contributed by atoms with van der Waals surface area (Å²) in [5.74, 6) is -1.14. The molecule has 0 aromatic heterocycles. The first kappa shape index (κ1) is 21.7. The minimum atomic E-state index is -0.380. The number of rotatable bonds is 5. The zero-order chi connectivity index (χ0) is 22.7. The molecule has 0 N–H and O–H groups in total. The maximum Gasteiger partial charge on any atom is 0.271 e. The van der Waals surface area contributed by atoms with Gasteiger partial charge in [0.05, 0.1) is 23.4 Å². The molecule has 0 unspecified atom stereocenters. The van der Waals surface area contributed by atoms with E-state index in [4.69, 9.17) is 28.6 Å². The Kier molecular flexibility index (Phi) is 6.30. The number of amides is 3. The molecule has 6 nitrogen and oxygen atoms in total. The third-order valence-corrected chi connectivity index (χ3v) is 5.46. The molecule has 32 heavy (non-hydrogen) atoms. The zero-order valence-corrected chi connectivity index (χ0v) is 18.3. The first-order chi connectivity index (χ1) is 15.5. The normalized spacial score (nSPS) is 12.5. The summed E-state index contributed by atoms with van der Waals surface area (Å²) in [6.45, 7) is -0.0586. The highest BCUT2D eigenvalue weighted by atomic mass is 35.5. The van der Waals surface area contributed by atoms with Gasteiger partial charge >= 0.3 is 0 Å². The van der Waals surface area contributed by atoms with E-state index >= 15 is 0 Å². The maximum absolute atomic E-state index is 13.2. The third kappa shape index (κ3) is 4.26. The molecule has 3 aromatic carbocycles. The van der Waals surface area contributed by atoms with Gasteiger partial charge in [0.1, 0.15) is 6.61 Å². The summed E-state index contributed by atoms with van der Waals surface area (Å²) in [5, 5.41) is 0.413. The van der Waals surface area contributed by atoms with Crippen molar-refractivity contribution >= 4 is 52.4 Å². The minimum absolute atomic E-state index is 0.000468. The molecule has 4 rings (SSSR count). The Bertz CT molecular complexity index is 1160. The number of imide groups is 1. The second kappa shape index (κ2) is 9.30. The Labute approximate surface area is 195 Å². The molecule has 3 aromatic rings. The van der Waals surface area contributed by atoms with Gasteiger partial charge in [0.2, 0.25) is 0 Å². The van der Waals surface area contributed by atoms with Crippen LogP contribution >= 0.6 is 23.8 Å². The SMILES string of the molecule is O=C1c2ccccc2C(=O)N1CCOC(=S)N(C(=O)c1ccccc1)c1ccc(Cl)cc1. The van der Waals surface area contributed by atoms with Gasteiger partial charge in [-0.2, -0.15) is 0 Å². The van der Waals surface area contributed by atoms with E-state index in [1.54, 1.807) is 78.9 Å². The van der Waals surface area contributed by atoms with Crippen LogP contribution in [0.1, 0.15) is 31.1 Å². The Hall–Kier alpha value is -3.55. The van der Waals surface area contributed by atoms with E-state index in [0.29, 0.717) is 27.4 Å². The number of anilines is 1. The van der Waals surface area contributed by atoms with Crippen LogP contribution in [-0.4, -0.2) is 40.9 Å². The molecule has 0 aliphatic carbocycles. The second-order valence-corrected chi connectivity index (χ2v) is 7.69. The molecule has 3 amide bonds. The van der Waals surface area contributed by atoms with Crippen molar-refractivity contribution in [2.24, 2.45) is 0 Å². The zero-order valence-electron chi connectivity index (χ0n) is 16.7. The van der Waals surface area contributed by atoms with Crippen molar-refractivity contribution in [2.75, 3.05) is 18.1 Å². The van der Waals surface area contributed by atoms with Crippen LogP contribution in [0.2, 0.25) is 5.02 Å². The monoisotopic (exact) mass is 464 g/mol. The highest BCUT2D eigenvalue weighted by Gasteiger charge is 2.35. The van der Waals surface area contributed by atoms with Crippen LogP contribution in [0.5, 0.6) is 0 Å². The summed E-state index contributed by atoms with van der Waals surface area (Å²) < 4.78 is 5.65. The molecule has 0 saturated heterocycles. The molecule has 8 heteroatoms. The van der Waals surface area contributed by atoms with E-state index in [1.807, 2.05) is 0 Å². The van der Waals surface area contributed by atoms with Gasteiger partial charge in [-0.25, -0.2) is 4.90 Å². The van der Waals surface area contributed by atoms with Gasteiger partial charge in [-0.05, 0) is 60.7 Å². The Morgan fingerprint density at radius 2 is 1.44 bits per heavy atom. The van der Waals surface area contributed by atoms with Crippen molar-refractivity contribution in [1.29, 1.82) is 0 Å². The number of hydrogen-bond acceptors (Lipinski definition) is 5. The molecule has 0 saturated carbocycles. The van der Waals surface area contributed by atoms with Crippen LogP contribution in [0.4, 0.5) is 5.69 Å². The number of carbonyl (C=O) groups excluding carboxylic acids is 3. The van der Waals surface area contributed by atoms with Crippen molar-refractivity contribution < 1.29 is 19.1 Å². The number of halogens is 1. The first-order valence-electron chi connectivity index (χ1n) is 9.74. The fourth-order valence-electron chi connectivity index (χ4n) is 3.34. The molecule has 0 atom stereocenters. The molecule has 1 aliphatic heterocycles. The third-order valence-electron chi connectivity index (χ3n) is 4.91. The van der Waals surface area contributed by atoms with Crippen LogP contribution in [0.25, 0.3) is 0 Å². The topological polar surface area (TPSA) is 66.9 Å². The smallest absolute Gasteiger partial charge is 0.271 e. The largest absolute Gasteiger partial charge is 0.468 e. The fourth-order valence-corrected chi connectivity index (χ4v) is 3.73. The molecule has 1 aliphatic rings. The number of hydrogen-bond donors (Lipinski definition) is 0. The molecular weight excluding hydrogens is 448 g/mol. The summed E-state index contributed by atoms with van der Waals surface area (Å²) >= 11 is 11.4. The van der Waals surface area contributed by atoms with Crippen LogP contribution < -0.4 is 4.90 Å². The minimum Gasteiger partial charge on any atom is -0.468 e. The lowest BCUT2D eigenvalue weighted by Crippen LogP contribution is -2.39. The average molecular weight is 465 g/mol. The predicted octanol–water partition coefficient (Wildman–Crippen LogP) is 4.58. The van der Waals surface area contributed by atoms with E-state index < -0.39 is 0 Å². The second-order valence-electron chi connectivity index (χ2n) is 6.90. The highest BCUT2D eigenvalue weighted by molar-refractivity contribution is 7.80. The van der Waals surface area contributed by atoms with Crippen molar-refractivity contribution in [3.8, 4) is 0 Å². The summed E-state index contributed by atoms with van der Waals surface area (Å²) in [7, 11) is 0. The number of thiocarbonyl (C=S) groups is 1. The van der Waals surface area contributed by atoms with Crippen molar-refractivity contribution in [3.05, 3.63) is 101 Å². The molecule has 0 bridgehead atoms. The standard InChI is InChI=1S/C24H17ClN2O4S/c25-17-10-12-18(13-11-17)27(21(28)16-6-2-1-3-7-16)24(32)31-15-14-26-22(29)19-8-4-5-9-20(19)23(26)30/h1-13H,14-15H2. The Morgan fingerprint density at radius 1 is 0.875 bits per heavy atom. The van der Waals surface area contributed by atoms with Gasteiger partial charge in [-0.1, -0.05) is 41.9 Å². The molecule has 0 radical (unpaired) electrons. The van der Waals surface area contributed by atoms with Crippen molar-refractivity contribution in [2.45, 2.75) is 0 Å². The molecular formula is C24H17ClN2O4S. The lowest BCUT2D eigenvalue weighted by atomic mass is 10.1. The van der Waals surface area contributed by atoms with Gasteiger partial charge in [0.25, 0.3) is 22.9 Å². The molecule has 0 spiro atoms. The first-order valence-corrected chi connectivity index (χ1v) is 10.5. The Balaban J connectivity index is 1.48. The van der Waals surface area contributed by atoms with E-state index in [-0.39, 0.29) is 36.0 Å². The quantitative estimate of drug-likeness (QED) is 0.408. The summed E-state index contributed by atoms with van der Waals surface area (Å²) in [6.07, 6.45) is 0. The van der Waals surface area contributed by atoms with E-state index in [9.17, 15) is 14.4 Å². The van der Waals surface area contributed by atoms with Gasteiger partial charge in [-0.15, -0.1) is 0 Å². The number of fused-ring (bicyclic) bond motifs is 1. The predicted molar refractivity (Wildman–Crippen MR) is 125 cm³/mol. The van der Waals surface area contributed by atoms with Gasteiger partial charge in [0.15, 0.2) is 0 Å². The number of carbonyl (C=O) groups is 3. The summed E-state index contributed by atoms with van der Waals surface area (Å²) in [4.78, 5) is 40.5. The molecule has 0 fully saturated rings. The number of ether oxygens (including phenoxy) is 1. The van der Waals surface area contributed by atoms with Crippen LogP contribution in [0.3, 0.4) is 0 Å². The lowest BCUT2D eigenvalue weighted by molar-refractivity contribution is 0.0627. The van der Waals surface area contributed by atoms with E-state index in [2.05, 4.69) is 0 Å². The van der Waals surface area contributed by atoms with Gasteiger partial charge < -0.3 is 4.74 Å². The molecule has 1 heterocycles. The van der Waals surface area contributed by atoms with Gasteiger partial charge in [-0.3, -0.25) is 19.3 Å². The molecule has 160 valence electrons. The van der Waals surface area contributed by atoms with Crippen LogP contribution in [-0.2, 0) is 4.74 Å². The lowest BCUT2D eigenvalue weighted by Gasteiger charge is -2.24. The summed E-state index contributed by atoms with van der Waals surface area (Å²) in [6, 6.07) is 21.9. The van der Waals surface area contributed by atoms with Crippen LogP contribution in [0, 0.1) is 0 Å². The van der Waals surface area contributed by atoms with E-state index in [1.165, 1.54) is 4.90 Å². The summed E-state index contributed by atoms with van der Waals surface area (Å²) in [5.41, 5.74) is 1.63. The van der Waals surface area contributed by atoms with Crippen LogP contribution in [0.15, 0.2) is 78.9 Å². The van der Waals surface area contributed by atoms with Gasteiger partial charge in [0, 0.05) is 10.6 Å². The number of nitrogens with zero attached hydrogens (tertiary/aromatic N) is 2. The Morgan fingerprint density at radius 3 is 2.03 bits per heavy atom. The highest BCUT2D eigenvalue weighted by Crippen LogP contribution is 2.23.